The molecule has 0 radical (unpaired) electrons. The number of aryl methyl sites for hydroxylation is 1. The van der Waals surface area contributed by atoms with E-state index in [4.69, 9.17) is 4.42 Å². The molecule has 0 spiro atoms. The van der Waals surface area contributed by atoms with Crippen LogP contribution in [-0.2, 0) is 16.4 Å². The van der Waals surface area contributed by atoms with Gasteiger partial charge in [-0.3, -0.25) is 0 Å². The molecule has 4 nitrogen and oxygen atoms in total. The van der Waals surface area contributed by atoms with Crippen molar-refractivity contribution in [2.45, 2.75) is 30.7 Å². The predicted octanol–water partition coefficient (Wildman–Crippen LogP) is 3.48. The third kappa shape index (κ3) is 4.39. The highest BCUT2D eigenvalue weighted by Crippen LogP contribution is 2.20. The topological polar surface area (TPSA) is 59.3 Å². The molecule has 1 aromatic heterocycles. The van der Waals surface area contributed by atoms with Gasteiger partial charge in [0.15, 0.2) is 0 Å². The number of rotatable bonds is 6. The molecule has 114 valence electrons. The van der Waals surface area contributed by atoms with Crippen molar-refractivity contribution in [3.8, 4) is 0 Å². The minimum atomic E-state index is -3.87. The minimum Gasteiger partial charge on any atom is -0.469 e. The van der Waals surface area contributed by atoms with E-state index < -0.39 is 15.8 Å². The second-order valence-corrected chi connectivity index (χ2v) is 7.31. The van der Waals surface area contributed by atoms with Crippen molar-refractivity contribution < 1.29 is 17.2 Å². The molecule has 1 unspecified atom stereocenters. The quantitative estimate of drug-likeness (QED) is 0.840. The standard InChI is InChI=1S/C14H15BrFNO3S/c1-10(4-6-12-3-2-8-20-12)17-21(18,19)14-7-5-11(15)9-13(14)16/h2-3,5,7-10,17H,4,6H2,1H3. The Morgan fingerprint density at radius 2 is 2.14 bits per heavy atom. The summed E-state index contributed by atoms with van der Waals surface area (Å²) in [6.07, 6.45) is 2.74. The maximum Gasteiger partial charge on any atom is 0.243 e. The monoisotopic (exact) mass is 375 g/mol. The van der Waals surface area contributed by atoms with Crippen LogP contribution in [0.25, 0.3) is 0 Å². The van der Waals surface area contributed by atoms with Crippen LogP contribution in [0.4, 0.5) is 4.39 Å². The van der Waals surface area contributed by atoms with E-state index in [1.165, 1.54) is 12.1 Å². The molecular weight excluding hydrogens is 361 g/mol. The van der Waals surface area contributed by atoms with Crippen LogP contribution in [0.2, 0.25) is 0 Å². The van der Waals surface area contributed by atoms with Gasteiger partial charge in [-0.2, -0.15) is 0 Å². The van der Waals surface area contributed by atoms with Gasteiger partial charge in [-0.15, -0.1) is 0 Å². The van der Waals surface area contributed by atoms with Gasteiger partial charge in [0, 0.05) is 16.9 Å². The molecule has 0 fully saturated rings. The zero-order valence-electron chi connectivity index (χ0n) is 11.3. The summed E-state index contributed by atoms with van der Waals surface area (Å²) in [6.45, 7) is 1.73. The summed E-state index contributed by atoms with van der Waals surface area (Å²) < 4.78 is 46.2. The first-order chi connectivity index (χ1) is 9.88. The molecule has 0 aliphatic carbocycles. The fourth-order valence-electron chi connectivity index (χ4n) is 1.89. The van der Waals surface area contributed by atoms with Crippen LogP contribution in [0.15, 0.2) is 50.4 Å². The largest absolute Gasteiger partial charge is 0.469 e. The zero-order valence-corrected chi connectivity index (χ0v) is 13.7. The average molecular weight is 376 g/mol. The van der Waals surface area contributed by atoms with Crippen LogP contribution in [0.1, 0.15) is 19.1 Å². The number of hydrogen-bond donors (Lipinski definition) is 1. The molecule has 1 N–H and O–H groups in total. The van der Waals surface area contributed by atoms with Crippen LogP contribution in [0.3, 0.4) is 0 Å². The van der Waals surface area contributed by atoms with E-state index in [0.29, 0.717) is 17.3 Å². The first-order valence-electron chi connectivity index (χ1n) is 6.38. The highest BCUT2D eigenvalue weighted by molar-refractivity contribution is 9.10. The SMILES string of the molecule is CC(CCc1ccco1)NS(=O)(=O)c1ccc(Br)cc1F. The van der Waals surface area contributed by atoms with Gasteiger partial charge in [0.1, 0.15) is 16.5 Å². The Kier molecular flexibility index (Phi) is 5.18. The maximum absolute atomic E-state index is 13.7. The van der Waals surface area contributed by atoms with Gasteiger partial charge < -0.3 is 4.42 Å². The number of furan rings is 1. The molecule has 0 saturated carbocycles. The van der Waals surface area contributed by atoms with E-state index in [2.05, 4.69) is 20.7 Å². The molecule has 0 amide bonds. The van der Waals surface area contributed by atoms with Gasteiger partial charge in [-0.1, -0.05) is 15.9 Å². The predicted molar refractivity (Wildman–Crippen MR) is 80.9 cm³/mol. The molecular formula is C14H15BrFNO3S. The van der Waals surface area contributed by atoms with Crippen molar-refractivity contribution in [1.29, 1.82) is 0 Å². The van der Waals surface area contributed by atoms with E-state index >= 15 is 0 Å². The molecule has 2 aromatic rings. The Bertz CT molecular complexity index is 701. The van der Waals surface area contributed by atoms with Crippen molar-refractivity contribution >= 4 is 26.0 Å². The van der Waals surface area contributed by atoms with Gasteiger partial charge in [-0.25, -0.2) is 17.5 Å². The Labute approximate surface area is 131 Å². The van der Waals surface area contributed by atoms with E-state index in [9.17, 15) is 12.8 Å². The molecule has 0 aliphatic rings. The summed E-state index contributed by atoms with van der Waals surface area (Å²) in [7, 11) is -3.87. The van der Waals surface area contributed by atoms with Crippen molar-refractivity contribution in [2.75, 3.05) is 0 Å². The molecule has 1 atom stereocenters. The number of halogens is 2. The van der Waals surface area contributed by atoms with Gasteiger partial charge in [0.05, 0.1) is 6.26 Å². The van der Waals surface area contributed by atoms with Crippen LogP contribution in [0.5, 0.6) is 0 Å². The summed E-state index contributed by atoms with van der Waals surface area (Å²) in [5.74, 6) is 0.00554. The van der Waals surface area contributed by atoms with Gasteiger partial charge in [-0.05, 0) is 43.7 Å². The second kappa shape index (κ2) is 6.72. The number of benzene rings is 1. The summed E-state index contributed by atoms with van der Waals surface area (Å²) in [5, 5.41) is 0. The molecule has 0 bridgehead atoms. The van der Waals surface area contributed by atoms with E-state index in [1.807, 2.05) is 6.07 Å². The maximum atomic E-state index is 13.7. The lowest BCUT2D eigenvalue weighted by Crippen LogP contribution is -2.33. The van der Waals surface area contributed by atoms with Crippen molar-refractivity contribution in [1.82, 2.24) is 4.72 Å². The van der Waals surface area contributed by atoms with Gasteiger partial charge in [0.25, 0.3) is 0 Å². The highest BCUT2D eigenvalue weighted by atomic mass is 79.9. The fraction of sp³-hybridized carbons (Fsp3) is 0.286. The van der Waals surface area contributed by atoms with E-state index in [1.54, 1.807) is 19.3 Å². The minimum absolute atomic E-state index is 0.330. The Hall–Kier alpha value is -1.18. The van der Waals surface area contributed by atoms with Crippen molar-refractivity contribution in [3.63, 3.8) is 0 Å². The molecule has 0 saturated heterocycles. The third-order valence-electron chi connectivity index (χ3n) is 2.94. The summed E-state index contributed by atoms with van der Waals surface area (Å²) in [6, 6.07) is 7.13. The van der Waals surface area contributed by atoms with Crippen LogP contribution in [-0.4, -0.2) is 14.5 Å². The molecule has 0 aliphatic heterocycles. The lowest BCUT2D eigenvalue weighted by molar-refractivity contribution is 0.479. The Balaban J connectivity index is 2.02. The van der Waals surface area contributed by atoms with Crippen LogP contribution in [0, 0.1) is 5.82 Å². The summed E-state index contributed by atoms with van der Waals surface area (Å²) in [4.78, 5) is -0.351. The van der Waals surface area contributed by atoms with E-state index in [-0.39, 0.29) is 10.9 Å². The summed E-state index contributed by atoms with van der Waals surface area (Å²) >= 11 is 3.10. The van der Waals surface area contributed by atoms with Crippen molar-refractivity contribution in [3.05, 3.63) is 52.6 Å². The second-order valence-electron chi connectivity index (χ2n) is 4.72. The average Bonchev–Trinajstić information content (AvgIpc) is 2.88. The van der Waals surface area contributed by atoms with Gasteiger partial charge in [0.2, 0.25) is 10.0 Å². The smallest absolute Gasteiger partial charge is 0.243 e. The Morgan fingerprint density at radius 3 is 2.76 bits per heavy atom. The first kappa shape index (κ1) is 16.2. The lowest BCUT2D eigenvalue weighted by Gasteiger charge is -2.14. The zero-order chi connectivity index (χ0) is 15.5. The van der Waals surface area contributed by atoms with E-state index in [0.717, 1.165) is 11.8 Å². The molecule has 2 rings (SSSR count). The Morgan fingerprint density at radius 1 is 1.38 bits per heavy atom. The molecule has 21 heavy (non-hydrogen) atoms. The lowest BCUT2D eigenvalue weighted by atomic mass is 10.2. The highest BCUT2D eigenvalue weighted by Gasteiger charge is 2.21. The summed E-state index contributed by atoms with van der Waals surface area (Å²) in [5.41, 5.74) is 0. The normalized spacial score (nSPS) is 13.3. The molecule has 1 heterocycles. The molecule has 7 heteroatoms. The fourth-order valence-corrected chi connectivity index (χ4v) is 3.56. The first-order valence-corrected chi connectivity index (χ1v) is 8.66. The molecule has 1 aromatic carbocycles. The number of hydrogen-bond acceptors (Lipinski definition) is 3. The number of sulfonamides is 1. The van der Waals surface area contributed by atoms with Crippen molar-refractivity contribution in [2.24, 2.45) is 0 Å². The number of nitrogens with one attached hydrogen (secondary N) is 1. The van der Waals surface area contributed by atoms with Gasteiger partial charge >= 0.3 is 0 Å². The van der Waals surface area contributed by atoms with Crippen LogP contribution < -0.4 is 4.72 Å². The van der Waals surface area contributed by atoms with Crippen LogP contribution >= 0.6 is 15.9 Å². The third-order valence-corrected chi connectivity index (χ3v) is 5.06.